The molecule has 24 heavy (non-hydrogen) atoms. The molecule has 0 radical (unpaired) electrons. The second-order valence-electron chi connectivity index (χ2n) is 6.09. The second-order valence-corrected chi connectivity index (χ2v) is 6.09. The van der Waals surface area contributed by atoms with Gasteiger partial charge in [0.25, 0.3) is 0 Å². The Hall–Kier alpha value is -2.35. The van der Waals surface area contributed by atoms with Crippen molar-refractivity contribution in [3.63, 3.8) is 0 Å². The maximum atomic E-state index is 9.53. The molecule has 0 saturated heterocycles. The Bertz CT molecular complexity index is 752. The molecule has 1 N–H and O–H groups in total. The van der Waals surface area contributed by atoms with Gasteiger partial charge in [-0.3, -0.25) is 4.90 Å². The van der Waals surface area contributed by atoms with Crippen molar-refractivity contribution < 1.29 is 9.84 Å². The van der Waals surface area contributed by atoms with Gasteiger partial charge in [0.05, 0.1) is 25.3 Å². The van der Waals surface area contributed by atoms with E-state index in [0.29, 0.717) is 24.7 Å². The Morgan fingerprint density at radius 2 is 2.12 bits per heavy atom. The van der Waals surface area contributed by atoms with Crippen LogP contribution in [0.5, 0.6) is 5.75 Å². The lowest BCUT2D eigenvalue weighted by Crippen LogP contribution is -2.30. The van der Waals surface area contributed by atoms with Crippen LogP contribution in [0.3, 0.4) is 0 Å². The van der Waals surface area contributed by atoms with Gasteiger partial charge in [-0.2, -0.15) is 5.26 Å². The van der Waals surface area contributed by atoms with E-state index in [2.05, 4.69) is 35.2 Å². The third kappa shape index (κ3) is 3.28. The van der Waals surface area contributed by atoms with Gasteiger partial charge in [-0.05, 0) is 42.2 Å². The van der Waals surface area contributed by atoms with E-state index in [9.17, 15) is 5.11 Å². The van der Waals surface area contributed by atoms with E-state index >= 15 is 0 Å². The van der Waals surface area contributed by atoms with Crippen LogP contribution in [0, 0.1) is 11.3 Å². The number of methoxy groups -OCH3 is 1. The number of aliphatic hydroxyl groups excluding tert-OH is 1. The highest BCUT2D eigenvalue weighted by molar-refractivity contribution is 5.42. The number of rotatable bonds is 6. The van der Waals surface area contributed by atoms with E-state index in [1.165, 1.54) is 11.1 Å². The quantitative estimate of drug-likeness (QED) is 0.888. The predicted octanol–water partition coefficient (Wildman–Crippen LogP) is 3.05. The molecule has 0 bridgehead atoms. The number of aliphatic hydroxyl groups is 1. The monoisotopic (exact) mass is 322 g/mol. The van der Waals surface area contributed by atoms with Crippen LogP contribution in [-0.4, -0.2) is 30.3 Å². The van der Waals surface area contributed by atoms with E-state index < -0.39 is 0 Å². The summed E-state index contributed by atoms with van der Waals surface area (Å²) in [6, 6.07) is 16.5. The summed E-state index contributed by atoms with van der Waals surface area (Å²) < 4.78 is 5.46. The van der Waals surface area contributed by atoms with E-state index in [0.717, 1.165) is 24.2 Å². The van der Waals surface area contributed by atoms with Gasteiger partial charge in [0, 0.05) is 24.7 Å². The first kappa shape index (κ1) is 16.5. The summed E-state index contributed by atoms with van der Waals surface area (Å²) in [5.41, 5.74) is 4.35. The van der Waals surface area contributed by atoms with E-state index in [1.54, 1.807) is 13.2 Å². The van der Waals surface area contributed by atoms with Crippen LogP contribution >= 0.6 is 0 Å². The molecule has 0 amide bonds. The highest BCUT2D eigenvalue weighted by atomic mass is 16.5. The van der Waals surface area contributed by atoms with E-state index in [-0.39, 0.29) is 6.61 Å². The number of aryl methyl sites for hydroxylation is 1. The first-order chi connectivity index (χ1) is 11.8. The molecule has 0 spiro atoms. The third-order valence-corrected chi connectivity index (χ3v) is 4.71. The summed E-state index contributed by atoms with van der Waals surface area (Å²) >= 11 is 0. The molecule has 2 aromatic rings. The first-order valence-electron chi connectivity index (χ1n) is 8.26. The minimum absolute atomic E-state index is 0.110. The summed E-state index contributed by atoms with van der Waals surface area (Å²) in [5.74, 6) is 0.781. The van der Waals surface area contributed by atoms with Crippen LogP contribution in [-0.2, 0) is 13.0 Å². The van der Waals surface area contributed by atoms with Crippen LogP contribution in [0.15, 0.2) is 42.5 Å². The molecule has 4 heteroatoms. The average molecular weight is 322 g/mol. The van der Waals surface area contributed by atoms with Gasteiger partial charge in [-0.15, -0.1) is 0 Å². The summed E-state index contributed by atoms with van der Waals surface area (Å²) in [6.45, 7) is 1.36. The second kappa shape index (κ2) is 7.48. The molecular weight excluding hydrogens is 300 g/mol. The number of nitrogens with zero attached hydrogens (tertiary/aromatic N) is 2. The van der Waals surface area contributed by atoms with Gasteiger partial charge in [-0.1, -0.05) is 24.3 Å². The third-order valence-electron chi connectivity index (χ3n) is 4.71. The standard InChI is InChI=1S/C20H22N2O2/c1-24-20-9-6-15(13-21)12-17(20)14-22(10-11-23)19-8-7-16-4-2-3-5-18(16)19/h2-6,9,12,19,23H,7-8,10-11,14H2,1H3. The zero-order chi connectivity index (χ0) is 16.9. The van der Waals surface area contributed by atoms with Crippen molar-refractivity contribution in [3.8, 4) is 11.8 Å². The summed E-state index contributed by atoms with van der Waals surface area (Å²) in [4.78, 5) is 2.28. The number of hydrogen-bond donors (Lipinski definition) is 1. The highest BCUT2D eigenvalue weighted by Crippen LogP contribution is 2.37. The van der Waals surface area contributed by atoms with E-state index in [4.69, 9.17) is 10.00 Å². The topological polar surface area (TPSA) is 56.5 Å². The lowest BCUT2D eigenvalue weighted by Gasteiger charge is -2.29. The van der Waals surface area contributed by atoms with Crippen molar-refractivity contribution in [2.24, 2.45) is 0 Å². The number of benzene rings is 2. The number of ether oxygens (including phenoxy) is 1. The summed E-state index contributed by atoms with van der Waals surface area (Å²) in [5, 5.41) is 18.7. The number of fused-ring (bicyclic) bond motifs is 1. The predicted molar refractivity (Wildman–Crippen MR) is 92.7 cm³/mol. The first-order valence-corrected chi connectivity index (χ1v) is 8.26. The Morgan fingerprint density at radius 3 is 2.88 bits per heavy atom. The van der Waals surface area contributed by atoms with Crippen LogP contribution in [0.1, 0.15) is 34.7 Å². The molecule has 0 saturated carbocycles. The van der Waals surface area contributed by atoms with Crippen LogP contribution < -0.4 is 4.74 Å². The van der Waals surface area contributed by atoms with Gasteiger partial charge in [0.15, 0.2) is 0 Å². The molecule has 2 aromatic carbocycles. The molecule has 3 rings (SSSR count). The van der Waals surface area contributed by atoms with Gasteiger partial charge in [-0.25, -0.2) is 0 Å². The fourth-order valence-corrected chi connectivity index (χ4v) is 3.58. The van der Waals surface area contributed by atoms with Crippen LogP contribution in [0.25, 0.3) is 0 Å². The number of nitriles is 1. The van der Waals surface area contributed by atoms with Gasteiger partial charge in [0.2, 0.25) is 0 Å². The molecule has 1 unspecified atom stereocenters. The number of hydrogen-bond acceptors (Lipinski definition) is 4. The largest absolute Gasteiger partial charge is 0.496 e. The van der Waals surface area contributed by atoms with Crippen molar-refractivity contribution in [3.05, 3.63) is 64.7 Å². The molecular formula is C20H22N2O2. The molecule has 124 valence electrons. The molecule has 0 aromatic heterocycles. The average Bonchev–Trinajstić information content (AvgIpc) is 3.05. The molecule has 1 aliphatic carbocycles. The SMILES string of the molecule is COc1ccc(C#N)cc1CN(CCO)C1CCc2ccccc21. The molecule has 0 fully saturated rings. The highest BCUT2D eigenvalue weighted by Gasteiger charge is 2.28. The fourth-order valence-electron chi connectivity index (χ4n) is 3.58. The maximum Gasteiger partial charge on any atom is 0.123 e. The van der Waals surface area contributed by atoms with Gasteiger partial charge < -0.3 is 9.84 Å². The minimum Gasteiger partial charge on any atom is -0.496 e. The van der Waals surface area contributed by atoms with Crippen molar-refractivity contribution in [2.45, 2.75) is 25.4 Å². The normalized spacial score (nSPS) is 16.0. The Morgan fingerprint density at radius 1 is 1.29 bits per heavy atom. The lowest BCUT2D eigenvalue weighted by atomic mass is 10.0. The van der Waals surface area contributed by atoms with Gasteiger partial charge in [0.1, 0.15) is 5.75 Å². The summed E-state index contributed by atoms with van der Waals surface area (Å²) in [6.07, 6.45) is 2.12. The zero-order valence-electron chi connectivity index (χ0n) is 13.9. The minimum atomic E-state index is 0.110. The molecule has 4 nitrogen and oxygen atoms in total. The van der Waals surface area contributed by atoms with Crippen molar-refractivity contribution in [2.75, 3.05) is 20.3 Å². The van der Waals surface area contributed by atoms with Crippen molar-refractivity contribution in [1.82, 2.24) is 4.90 Å². The Balaban J connectivity index is 1.90. The lowest BCUT2D eigenvalue weighted by molar-refractivity contribution is 0.141. The van der Waals surface area contributed by atoms with Crippen LogP contribution in [0.2, 0.25) is 0 Å². The smallest absolute Gasteiger partial charge is 0.123 e. The fraction of sp³-hybridized carbons (Fsp3) is 0.350. The molecule has 0 heterocycles. The van der Waals surface area contributed by atoms with E-state index in [1.807, 2.05) is 12.1 Å². The summed E-state index contributed by atoms with van der Waals surface area (Å²) in [7, 11) is 1.64. The van der Waals surface area contributed by atoms with Crippen molar-refractivity contribution in [1.29, 1.82) is 5.26 Å². The maximum absolute atomic E-state index is 9.53. The Kier molecular flexibility index (Phi) is 5.14. The molecule has 1 atom stereocenters. The van der Waals surface area contributed by atoms with Crippen molar-refractivity contribution >= 4 is 0 Å². The molecule has 0 aliphatic heterocycles. The zero-order valence-corrected chi connectivity index (χ0v) is 13.9. The van der Waals surface area contributed by atoms with Gasteiger partial charge >= 0.3 is 0 Å². The Labute approximate surface area is 142 Å². The van der Waals surface area contributed by atoms with Crippen LogP contribution in [0.4, 0.5) is 0 Å². The molecule has 1 aliphatic rings.